The molecule has 114 valence electrons. The molecule has 1 unspecified atom stereocenters. The molecule has 1 atom stereocenters. The first-order chi connectivity index (χ1) is 10.4. The third kappa shape index (κ3) is 3.41. The molecule has 22 heavy (non-hydrogen) atoms. The number of hydrogen-bond acceptors (Lipinski definition) is 5. The van der Waals surface area contributed by atoms with Crippen LogP contribution < -0.4 is 0 Å². The topological polar surface area (TPSA) is 89.7 Å². The van der Waals surface area contributed by atoms with Gasteiger partial charge in [0.25, 0.3) is 5.69 Å². The molecule has 0 saturated heterocycles. The molecule has 0 aliphatic heterocycles. The Morgan fingerprint density at radius 3 is 2.64 bits per heavy atom. The summed E-state index contributed by atoms with van der Waals surface area (Å²) in [6.07, 6.45) is -0.643. The van der Waals surface area contributed by atoms with Crippen LogP contribution in [0.4, 0.5) is 5.69 Å². The largest absolute Gasteiger partial charge is 0.508 e. The van der Waals surface area contributed by atoms with Gasteiger partial charge in [0.15, 0.2) is 0 Å². The van der Waals surface area contributed by atoms with Gasteiger partial charge in [-0.25, -0.2) is 4.79 Å². The lowest BCUT2D eigenvalue weighted by atomic mass is 10.1. The maximum Gasteiger partial charge on any atom is 0.338 e. The molecule has 6 heteroatoms. The first-order valence-electron chi connectivity index (χ1n) is 6.63. The van der Waals surface area contributed by atoms with E-state index in [1.807, 2.05) is 0 Å². The van der Waals surface area contributed by atoms with Gasteiger partial charge in [-0.15, -0.1) is 0 Å². The summed E-state index contributed by atoms with van der Waals surface area (Å²) in [7, 11) is 0. The van der Waals surface area contributed by atoms with Crippen molar-refractivity contribution in [1.29, 1.82) is 0 Å². The van der Waals surface area contributed by atoms with E-state index in [9.17, 15) is 20.0 Å². The zero-order valence-electron chi connectivity index (χ0n) is 12.1. The molecule has 0 fully saturated rings. The summed E-state index contributed by atoms with van der Waals surface area (Å²) in [5.41, 5.74) is 1.34. The Labute approximate surface area is 127 Å². The minimum absolute atomic E-state index is 0.0115. The molecule has 0 amide bonds. The minimum Gasteiger partial charge on any atom is -0.508 e. The molecule has 1 N–H and O–H groups in total. The van der Waals surface area contributed by atoms with E-state index >= 15 is 0 Å². The zero-order chi connectivity index (χ0) is 16.3. The number of nitro groups is 1. The van der Waals surface area contributed by atoms with E-state index < -0.39 is 17.0 Å². The summed E-state index contributed by atoms with van der Waals surface area (Å²) in [5, 5.41) is 20.4. The number of nitro benzene ring substituents is 1. The summed E-state index contributed by atoms with van der Waals surface area (Å²) in [5.74, 6) is -0.591. The van der Waals surface area contributed by atoms with Gasteiger partial charge in [0.1, 0.15) is 11.9 Å². The molecular weight excluding hydrogens is 286 g/mol. The first-order valence-corrected chi connectivity index (χ1v) is 6.63. The van der Waals surface area contributed by atoms with E-state index in [-0.39, 0.29) is 17.0 Å². The Morgan fingerprint density at radius 2 is 2.00 bits per heavy atom. The van der Waals surface area contributed by atoms with Crippen LogP contribution in [0, 0.1) is 17.0 Å². The lowest BCUT2D eigenvalue weighted by Gasteiger charge is -2.14. The Morgan fingerprint density at radius 1 is 1.27 bits per heavy atom. The van der Waals surface area contributed by atoms with E-state index in [4.69, 9.17) is 4.74 Å². The molecule has 0 aromatic heterocycles. The van der Waals surface area contributed by atoms with Crippen LogP contribution in [-0.2, 0) is 4.74 Å². The number of nitrogens with zero attached hydrogens (tertiary/aromatic N) is 1. The van der Waals surface area contributed by atoms with E-state index in [1.54, 1.807) is 32.0 Å². The van der Waals surface area contributed by atoms with E-state index in [1.165, 1.54) is 24.3 Å². The van der Waals surface area contributed by atoms with Crippen molar-refractivity contribution in [1.82, 2.24) is 0 Å². The van der Waals surface area contributed by atoms with Gasteiger partial charge in [-0.2, -0.15) is 0 Å². The highest BCUT2D eigenvalue weighted by Crippen LogP contribution is 2.24. The molecular formula is C16H15NO5. The van der Waals surface area contributed by atoms with Crippen LogP contribution in [0.15, 0.2) is 42.5 Å². The number of non-ortho nitro benzene ring substituents is 1. The molecule has 0 radical (unpaired) electrons. The fourth-order valence-electron chi connectivity index (χ4n) is 1.92. The molecule has 2 rings (SSSR count). The van der Waals surface area contributed by atoms with Crippen molar-refractivity contribution in [2.75, 3.05) is 0 Å². The van der Waals surface area contributed by atoms with Gasteiger partial charge in [-0.05, 0) is 37.1 Å². The Hall–Kier alpha value is -2.89. The lowest BCUT2D eigenvalue weighted by molar-refractivity contribution is -0.385. The number of ether oxygens (including phenoxy) is 1. The number of carbonyl (C=O) groups is 1. The van der Waals surface area contributed by atoms with Crippen molar-refractivity contribution in [3.8, 4) is 5.75 Å². The van der Waals surface area contributed by atoms with Gasteiger partial charge in [-0.1, -0.05) is 18.2 Å². The molecule has 2 aromatic rings. The van der Waals surface area contributed by atoms with Gasteiger partial charge < -0.3 is 9.84 Å². The molecule has 0 spiro atoms. The molecule has 0 saturated carbocycles. The molecule has 0 bridgehead atoms. The Balaban J connectivity index is 2.15. The van der Waals surface area contributed by atoms with Gasteiger partial charge >= 0.3 is 5.97 Å². The average Bonchev–Trinajstić information content (AvgIpc) is 2.50. The fraction of sp³-hybridized carbons (Fsp3) is 0.188. The predicted molar refractivity (Wildman–Crippen MR) is 79.8 cm³/mol. The third-order valence-electron chi connectivity index (χ3n) is 3.28. The number of phenolic OH excluding ortho intramolecular Hbond substituents is 1. The number of hydrogen-bond donors (Lipinski definition) is 1. The number of carbonyl (C=O) groups excluding carboxylic acids is 1. The van der Waals surface area contributed by atoms with E-state index in [0.29, 0.717) is 11.1 Å². The number of phenols is 1. The van der Waals surface area contributed by atoms with Crippen molar-refractivity contribution < 1.29 is 19.6 Å². The average molecular weight is 301 g/mol. The summed E-state index contributed by atoms with van der Waals surface area (Å²) >= 11 is 0. The second-order valence-corrected chi connectivity index (χ2v) is 4.90. The first kappa shape index (κ1) is 15.5. The van der Waals surface area contributed by atoms with Gasteiger partial charge in [0.05, 0.1) is 10.5 Å². The van der Waals surface area contributed by atoms with Crippen LogP contribution in [0.1, 0.15) is 34.5 Å². The normalized spacial score (nSPS) is 11.7. The highest BCUT2D eigenvalue weighted by atomic mass is 16.6. The minimum atomic E-state index is -0.643. The number of aryl methyl sites for hydroxylation is 1. The van der Waals surface area contributed by atoms with Crippen LogP contribution in [0.3, 0.4) is 0 Å². The molecule has 0 aliphatic carbocycles. The number of esters is 1. The van der Waals surface area contributed by atoms with Crippen molar-refractivity contribution in [2.24, 2.45) is 0 Å². The van der Waals surface area contributed by atoms with Crippen LogP contribution in [-0.4, -0.2) is 16.0 Å². The SMILES string of the molecule is Cc1ccc(C(=O)OC(C)c2cccc([N+](=O)[O-])c2)cc1O. The highest BCUT2D eigenvalue weighted by Gasteiger charge is 2.16. The van der Waals surface area contributed by atoms with Crippen molar-refractivity contribution in [3.05, 3.63) is 69.3 Å². The number of aromatic hydroxyl groups is 1. The van der Waals surface area contributed by atoms with E-state index in [0.717, 1.165) is 0 Å². The smallest absolute Gasteiger partial charge is 0.338 e. The highest BCUT2D eigenvalue weighted by molar-refractivity contribution is 5.90. The van der Waals surface area contributed by atoms with Gasteiger partial charge in [0.2, 0.25) is 0 Å². The standard InChI is InChI=1S/C16H15NO5/c1-10-6-7-13(9-15(10)18)16(19)22-11(2)12-4-3-5-14(8-12)17(20)21/h3-9,11,18H,1-2H3. The Bertz CT molecular complexity index is 726. The zero-order valence-corrected chi connectivity index (χ0v) is 12.1. The van der Waals surface area contributed by atoms with E-state index in [2.05, 4.69) is 0 Å². The molecule has 0 aliphatic rings. The molecule has 2 aromatic carbocycles. The summed E-state index contributed by atoms with van der Waals surface area (Å²) in [6, 6.07) is 10.4. The number of benzene rings is 2. The van der Waals surface area contributed by atoms with Crippen LogP contribution in [0.2, 0.25) is 0 Å². The molecule has 0 heterocycles. The monoisotopic (exact) mass is 301 g/mol. The van der Waals surface area contributed by atoms with Gasteiger partial charge in [-0.3, -0.25) is 10.1 Å². The molecule has 6 nitrogen and oxygen atoms in total. The second kappa shape index (κ2) is 6.26. The third-order valence-corrected chi connectivity index (χ3v) is 3.28. The van der Waals surface area contributed by atoms with Crippen LogP contribution in [0.25, 0.3) is 0 Å². The van der Waals surface area contributed by atoms with Gasteiger partial charge in [0, 0.05) is 12.1 Å². The summed E-state index contributed by atoms with van der Waals surface area (Å²) < 4.78 is 5.28. The maximum absolute atomic E-state index is 12.0. The van der Waals surface area contributed by atoms with Crippen LogP contribution >= 0.6 is 0 Å². The predicted octanol–water partition coefficient (Wildman–Crippen LogP) is 3.53. The van der Waals surface area contributed by atoms with Crippen molar-refractivity contribution in [2.45, 2.75) is 20.0 Å². The quantitative estimate of drug-likeness (QED) is 0.530. The van der Waals surface area contributed by atoms with Crippen LogP contribution in [0.5, 0.6) is 5.75 Å². The second-order valence-electron chi connectivity index (χ2n) is 4.90. The van der Waals surface area contributed by atoms with Crippen molar-refractivity contribution >= 4 is 11.7 Å². The fourth-order valence-corrected chi connectivity index (χ4v) is 1.92. The number of rotatable bonds is 4. The maximum atomic E-state index is 12.0. The summed E-state index contributed by atoms with van der Waals surface area (Å²) in [4.78, 5) is 22.3. The summed E-state index contributed by atoms with van der Waals surface area (Å²) in [6.45, 7) is 3.35. The van der Waals surface area contributed by atoms with Crippen molar-refractivity contribution in [3.63, 3.8) is 0 Å². The lowest BCUT2D eigenvalue weighted by Crippen LogP contribution is -2.09. The Kier molecular flexibility index (Phi) is 4.41.